The van der Waals surface area contributed by atoms with Gasteiger partial charge in [0, 0.05) is 7.05 Å². The maximum atomic E-state index is 12.0. The Balaban J connectivity index is 2.81. The highest BCUT2D eigenvalue weighted by Gasteiger charge is 2.26. The Morgan fingerprint density at radius 3 is 2.44 bits per heavy atom. The molecule has 0 fully saturated rings. The van der Waals surface area contributed by atoms with Crippen molar-refractivity contribution in [3.63, 3.8) is 0 Å². The van der Waals surface area contributed by atoms with Crippen molar-refractivity contribution in [3.8, 4) is 0 Å². The molecule has 4 nitrogen and oxygen atoms in total. The summed E-state index contributed by atoms with van der Waals surface area (Å²) in [6.45, 7) is 9.48. The van der Waals surface area contributed by atoms with E-state index in [4.69, 9.17) is 4.74 Å². The molecular weight excluding hydrogens is 316 g/mol. The zero-order chi connectivity index (χ0) is 14.1. The summed E-state index contributed by atoms with van der Waals surface area (Å²) in [6.07, 6.45) is -0.326. The third-order valence-corrected chi connectivity index (χ3v) is 4.37. The third kappa shape index (κ3) is 3.95. The molecular formula is C12H19BrN2O2S. The molecule has 0 saturated heterocycles. The Morgan fingerprint density at radius 1 is 1.50 bits per heavy atom. The molecule has 1 aromatic heterocycles. The van der Waals surface area contributed by atoms with Crippen LogP contribution in [0.15, 0.2) is 4.60 Å². The number of nitrogens with zero attached hydrogens (tertiary/aromatic N) is 2. The normalized spacial score (nSPS) is 13.3. The second-order valence-corrected chi connectivity index (χ2v) is 7.14. The van der Waals surface area contributed by atoms with Gasteiger partial charge in [0.1, 0.15) is 10.2 Å². The quantitative estimate of drug-likeness (QED) is 0.816. The van der Waals surface area contributed by atoms with E-state index >= 15 is 0 Å². The number of hydrogen-bond acceptors (Lipinski definition) is 4. The van der Waals surface area contributed by atoms with Crippen molar-refractivity contribution in [1.82, 2.24) is 9.88 Å². The van der Waals surface area contributed by atoms with E-state index in [9.17, 15) is 4.79 Å². The molecule has 1 heterocycles. The number of thiazole rings is 1. The fraction of sp³-hybridized carbons (Fsp3) is 0.667. The van der Waals surface area contributed by atoms with Crippen LogP contribution in [0.5, 0.6) is 0 Å². The first-order valence-corrected chi connectivity index (χ1v) is 7.31. The lowest BCUT2D eigenvalue weighted by atomic mass is 10.2. The van der Waals surface area contributed by atoms with Crippen LogP contribution in [-0.4, -0.2) is 28.6 Å². The Hall–Kier alpha value is -0.620. The molecule has 0 N–H and O–H groups in total. The summed E-state index contributed by atoms with van der Waals surface area (Å²) >= 11 is 5.00. The molecule has 1 rings (SSSR count). The lowest BCUT2D eigenvalue weighted by Crippen LogP contribution is -2.35. The molecule has 0 aliphatic rings. The minimum absolute atomic E-state index is 0.0691. The molecule has 1 amide bonds. The molecule has 0 saturated carbocycles. The first-order valence-electron chi connectivity index (χ1n) is 5.70. The monoisotopic (exact) mass is 334 g/mol. The summed E-state index contributed by atoms with van der Waals surface area (Å²) in [6, 6.07) is -0.0691. The number of amides is 1. The first-order chi connectivity index (χ1) is 8.11. The van der Waals surface area contributed by atoms with E-state index in [2.05, 4.69) is 20.9 Å². The van der Waals surface area contributed by atoms with Crippen LogP contribution >= 0.6 is 27.3 Å². The van der Waals surface area contributed by atoms with Crippen LogP contribution in [0, 0.1) is 6.92 Å². The lowest BCUT2D eigenvalue weighted by Gasteiger charge is -2.28. The number of carbonyl (C=O) groups excluding carboxylic acids is 1. The largest absolute Gasteiger partial charge is 0.444 e. The van der Waals surface area contributed by atoms with Crippen molar-refractivity contribution in [2.45, 2.75) is 46.3 Å². The zero-order valence-electron chi connectivity index (χ0n) is 11.6. The molecule has 1 unspecified atom stereocenters. The zero-order valence-corrected chi connectivity index (χ0v) is 14.0. The van der Waals surface area contributed by atoms with Gasteiger partial charge in [-0.3, -0.25) is 0 Å². The highest BCUT2D eigenvalue weighted by molar-refractivity contribution is 9.10. The number of halogens is 1. The van der Waals surface area contributed by atoms with Crippen LogP contribution in [0.25, 0.3) is 0 Å². The fourth-order valence-electron chi connectivity index (χ4n) is 1.34. The predicted octanol–water partition coefficient (Wildman–Crippen LogP) is 4.14. The predicted molar refractivity (Wildman–Crippen MR) is 77.0 cm³/mol. The maximum Gasteiger partial charge on any atom is 0.410 e. The molecule has 0 aliphatic carbocycles. The first kappa shape index (κ1) is 15.4. The highest BCUT2D eigenvalue weighted by atomic mass is 79.9. The molecule has 0 bridgehead atoms. The van der Waals surface area contributed by atoms with Crippen LogP contribution < -0.4 is 0 Å². The van der Waals surface area contributed by atoms with Crippen molar-refractivity contribution >= 4 is 33.4 Å². The number of aromatic nitrogens is 1. The summed E-state index contributed by atoms with van der Waals surface area (Å²) < 4.78 is 6.14. The van der Waals surface area contributed by atoms with E-state index in [0.717, 1.165) is 14.5 Å². The third-order valence-electron chi connectivity index (χ3n) is 2.36. The van der Waals surface area contributed by atoms with Gasteiger partial charge in [0.25, 0.3) is 0 Å². The Labute approximate surface area is 120 Å². The number of carbonyl (C=O) groups is 1. The molecule has 1 atom stereocenters. The van der Waals surface area contributed by atoms with E-state index < -0.39 is 5.60 Å². The molecule has 6 heteroatoms. The van der Waals surface area contributed by atoms with E-state index in [1.54, 1.807) is 23.3 Å². The van der Waals surface area contributed by atoms with Gasteiger partial charge in [0.15, 0.2) is 0 Å². The molecule has 102 valence electrons. The van der Waals surface area contributed by atoms with Crippen LogP contribution in [0.4, 0.5) is 4.79 Å². The highest BCUT2D eigenvalue weighted by Crippen LogP contribution is 2.32. The van der Waals surface area contributed by atoms with Gasteiger partial charge in [-0.1, -0.05) is 0 Å². The van der Waals surface area contributed by atoms with Crippen LogP contribution in [0.2, 0.25) is 0 Å². The molecule has 0 radical (unpaired) electrons. The van der Waals surface area contributed by atoms with Gasteiger partial charge in [0.2, 0.25) is 0 Å². The lowest BCUT2D eigenvalue weighted by molar-refractivity contribution is 0.0236. The molecule has 0 aromatic carbocycles. The molecule has 0 spiro atoms. The van der Waals surface area contributed by atoms with Gasteiger partial charge in [-0.25, -0.2) is 9.78 Å². The Bertz CT molecular complexity index is 440. The van der Waals surface area contributed by atoms with Crippen LogP contribution in [-0.2, 0) is 4.74 Å². The van der Waals surface area contributed by atoms with Crippen LogP contribution in [0.3, 0.4) is 0 Å². The van der Waals surface area contributed by atoms with E-state index in [0.29, 0.717) is 0 Å². The minimum Gasteiger partial charge on any atom is -0.444 e. The van der Waals surface area contributed by atoms with E-state index in [1.807, 2.05) is 34.6 Å². The van der Waals surface area contributed by atoms with Gasteiger partial charge in [-0.2, -0.15) is 0 Å². The van der Waals surface area contributed by atoms with Gasteiger partial charge in [-0.05, 0) is 50.5 Å². The summed E-state index contributed by atoms with van der Waals surface area (Å²) in [5, 5.41) is 0.973. The minimum atomic E-state index is -0.480. The Morgan fingerprint density at radius 2 is 2.06 bits per heavy atom. The van der Waals surface area contributed by atoms with Crippen molar-refractivity contribution in [3.05, 3.63) is 14.5 Å². The molecule has 18 heavy (non-hydrogen) atoms. The number of hydrogen-bond donors (Lipinski definition) is 0. The second kappa shape index (κ2) is 5.57. The summed E-state index contributed by atoms with van der Waals surface area (Å²) in [5.74, 6) is 0. The van der Waals surface area contributed by atoms with Crippen molar-refractivity contribution in [2.75, 3.05) is 7.05 Å². The molecule has 0 aliphatic heterocycles. The number of ether oxygens (including phenoxy) is 1. The average Bonchev–Trinajstić information content (AvgIpc) is 2.53. The molecule has 1 aromatic rings. The van der Waals surface area contributed by atoms with Crippen molar-refractivity contribution in [2.24, 2.45) is 0 Å². The standard InChI is InChI=1S/C12H19BrN2O2S/c1-7(9-10(13)14-8(2)18-9)15(6)11(16)17-12(3,4)5/h7H,1-6H3. The van der Waals surface area contributed by atoms with Crippen LogP contribution in [0.1, 0.15) is 43.6 Å². The SMILES string of the molecule is Cc1nc(Br)c(C(C)N(C)C(=O)OC(C)(C)C)s1. The fourth-order valence-corrected chi connectivity index (χ4v) is 3.21. The van der Waals surface area contributed by atoms with E-state index in [-0.39, 0.29) is 12.1 Å². The van der Waals surface area contributed by atoms with Gasteiger partial charge in [0.05, 0.1) is 15.9 Å². The second-order valence-electron chi connectivity index (χ2n) is 5.16. The smallest absolute Gasteiger partial charge is 0.410 e. The van der Waals surface area contributed by atoms with E-state index in [1.165, 1.54) is 0 Å². The van der Waals surface area contributed by atoms with Gasteiger partial charge >= 0.3 is 6.09 Å². The summed E-state index contributed by atoms with van der Waals surface area (Å²) in [7, 11) is 1.74. The summed E-state index contributed by atoms with van der Waals surface area (Å²) in [4.78, 5) is 18.9. The average molecular weight is 335 g/mol. The van der Waals surface area contributed by atoms with Crippen molar-refractivity contribution in [1.29, 1.82) is 0 Å². The van der Waals surface area contributed by atoms with Gasteiger partial charge in [-0.15, -0.1) is 11.3 Å². The topological polar surface area (TPSA) is 42.4 Å². The number of rotatable bonds is 2. The number of aryl methyl sites for hydroxylation is 1. The maximum absolute atomic E-state index is 12.0. The van der Waals surface area contributed by atoms with Gasteiger partial charge < -0.3 is 9.64 Å². The Kier molecular flexibility index (Phi) is 4.78. The summed E-state index contributed by atoms with van der Waals surface area (Å²) in [5.41, 5.74) is -0.480. The van der Waals surface area contributed by atoms with Crippen molar-refractivity contribution < 1.29 is 9.53 Å².